The van der Waals surface area contributed by atoms with Gasteiger partial charge in [-0.3, -0.25) is 4.90 Å². The number of fused-ring (bicyclic) bond motifs is 3. The lowest BCUT2D eigenvalue weighted by Crippen LogP contribution is -2.48. The Bertz CT molecular complexity index is 182. The molecule has 0 radical (unpaired) electrons. The highest BCUT2D eigenvalue weighted by Gasteiger charge is 2.33. The molecule has 0 aromatic heterocycles. The van der Waals surface area contributed by atoms with Crippen molar-refractivity contribution in [1.29, 1.82) is 0 Å². The molecule has 0 aromatic rings. The van der Waals surface area contributed by atoms with E-state index in [1.165, 1.54) is 32.2 Å². The van der Waals surface area contributed by atoms with Crippen LogP contribution in [0.1, 0.15) is 25.7 Å². The summed E-state index contributed by atoms with van der Waals surface area (Å²) in [7, 11) is 0. The van der Waals surface area contributed by atoms with Gasteiger partial charge in [0, 0.05) is 24.2 Å². The van der Waals surface area contributed by atoms with Crippen molar-refractivity contribution >= 4 is 11.6 Å². The SMILES string of the molecule is C=C(Cl)CN1CC2CCC1CC2. The van der Waals surface area contributed by atoms with Crippen LogP contribution in [0.15, 0.2) is 11.6 Å². The average molecular weight is 186 g/mol. The first-order chi connectivity index (χ1) is 5.75. The molecule has 3 rings (SSSR count). The van der Waals surface area contributed by atoms with Crippen LogP contribution in [0, 0.1) is 5.92 Å². The second kappa shape index (κ2) is 3.39. The summed E-state index contributed by atoms with van der Waals surface area (Å²) in [5, 5.41) is 0.794. The summed E-state index contributed by atoms with van der Waals surface area (Å²) in [6.07, 6.45) is 5.65. The molecule has 2 saturated heterocycles. The second-order valence-corrected chi connectivity index (χ2v) is 4.66. The normalized spacial score (nSPS) is 35.4. The standard InChI is InChI=1S/C10H16ClN/c1-8(11)6-12-7-9-2-4-10(12)5-3-9/h9-10H,1-7H2. The lowest BCUT2D eigenvalue weighted by molar-refractivity contribution is 0.0586. The van der Waals surface area contributed by atoms with Gasteiger partial charge in [-0.15, -0.1) is 0 Å². The summed E-state index contributed by atoms with van der Waals surface area (Å²) in [5.74, 6) is 0.950. The minimum atomic E-state index is 0.794. The van der Waals surface area contributed by atoms with E-state index in [1.54, 1.807) is 0 Å². The maximum atomic E-state index is 5.81. The van der Waals surface area contributed by atoms with E-state index in [0.717, 1.165) is 23.5 Å². The molecule has 3 fully saturated rings. The summed E-state index contributed by atoms with van der Waals surface area (Å²) >= 11 is 5.81. The van der Waals surface area contributed by atoms with Gasteiger partial charge < -0.3 is 0 Å². The first-order valence-electron chi connectivity index (χ1n) is 4.83. The molecule has 2 aliphatic heterocycles. The third kappa shape index (κ3) is 1.67. The van der Waals surface area contributed by atoms with Crippen LogP contribution in [0.4, 0.5) is 0 Å². The zero-order chi connectivity index (χ0) is 8.55. The van der Waals surface area contributed by atoms with Gasteiger partial charge in [0.15, 0.2) is 0 Å². The van der Waals surface area contributed by atoms with Gasteiger partial charge in [0.1, 0.15) is 0 Å². The van der Waals surface area contributed by atoms with Crippen LogP contribution in [-0.4, -0.2) is 24.0 Å². The third-order valence-corrected chi connectivity index (χ3v) is 3.32. The van der Waals surface area contributed by atoms with E-state index < -0.39 is 0 Å². The fourth-order valence-electron chi connectivity index (χ4n) is 2.59. The average Bonchev–Trinajstić information content (AvgIpc) is 2.05. The number of nitrogens with zero attached hydrogens (tertiary/aromatic N) is 1. The molecule has 2 heteroatoms. The van der Waals surface area contributed by atoms with Gasteiger partial charge in [-0.2, -0.15) is 0 Å². The molecule has 0 unspecified atom stereocenters. The first-order valence-corrected chi connectivity index (χ1v) is 5.21. The number of hydrogen-bond acceptors (Lipinski definition) is 1. The molecule has 2 bridgehead atoms. The quantitative estimate of drug-likeness (QED) is 0.640. The first kappa shape index (κ1) is 8.58. The number of halogens is 1. The topological polar surface area (TPSA) is 3.24 Å². The van der Waals surface area contributed by atoms with E-state index in [9.17, 15) is 0 Å². The van der Waals surface area contributed by atoms with Crippen molar-refractivity contribution in [2.45, 2.75) is 31.7 Å². The zero-order valence-electron chi connectivity index (χ0n) is 7.43. The molecule has 12 heavy (non-hydrogen) atoms. The summed E-state index contributed by atoms with van der Waals surface area (Å²) in [4.78, 5) is 2.51. The minimum absolute atomic E-state index is 0.794. The smallest absolute Gasteiger partial charge is 0.0338 e. The zero-order valence-corrected chi connectivity index (χ0v) is 8.19. The monoisotopic (exact) mass is 185 g/mol. The van der Waals surface area contributed by atoms with Crippen molar-refractivity contribution in [2.75, 3.05) is 13.1 Å². The number of piperidine rings is 2. The maximum absolute atomic E-state index is 5.81. The lowest BCUT2D eigenvalue weighted by Gasteiger charge is -2.45. The molecule has 2 heterocycles. The van der Waals surface area contributed by atoms with E-state index in [4.69, 9.17) is 11.6 Å². The summed E-state index contributed by atoms with van der Waals surface area (Å²) < 4.78 is 0. The van der Waals surface area contributed by atoms with Crippen LogP contribution in [0.2, 0.25) is 0 Å². The van der Waals surface area contributed by atoms with Gasteiger partial charge in [-0.1, -0.05) is 18.2 Å². The second-order valence-electron chi connectivity index (χ2n) is 4.12. The van der Waals surface area contributed by atoms with Gasteiger partial charge >= 0.3 is 0 Å². The molecule has 0 N–H and O–H groups in total. The molecular formula is C10H16ClN. The molecule has 0 aromatic carbocycles. The highest BCUT2D eigenvalue weighted by Crippen LogP contribution is 2.35. The Kier molecular flexibility index (Phi) is 2.42. The molecule has 0 amide bonds. The third-order valence-electron chi connectivity index (χ3n) is 3.20. The molecule has 68 valence electrons. The van der Waals surface area contributed by atoms with Gasteiger partial charge in [-0.05, 0) is 31.6 Å². The molecule has 1 saturated carbocycles. The largest absolute Gasteiger partial charge is 0.295 e. The Balaban J connectivity index is 1.95. The van der Waals surface area contributed by atoms with Gasteiger partial charge in [0.2, 0.25) is 0 Å². The van der Waals surface area contributed by atoms with Crippen LogP contribution in [-0.2, 0) is 0 Å². The Morgan fingerprint density at radius 3 is 2.42 bits per heavy atom. The van der Waals surface area contributed by atoms with Crippen LogP contribution >= 0.6 is 11.6 Å². The highest BCUT2D eigenvalue weighted by atomic mass is 35.5. The predicted molar refractivity (Wildman–Crippen MR) is 52.3 cm³/mol. The van der Waals surface area contributed by atoms with E-state index >= 15 is 0 Å². The molecular weight excluding hydrogens is 170 g/mol. The Morgan fingerprint density at radius 2 is 2.00 bits per heavy atom. The minimum Gasteiger partial charge on any atom is -0.295 e. The van der Waals surface area contributed by atoms with E-state index in [0.29, 0.717) is 0 Å². The summed E-state index contributed by atoms with van der Waals surface area (Å²) in [6.45, 7) is 5.92. The van der Waals surface area contributed by atoms with Gasteiger partial charge in [0.05, 0.1) is 0 Å². The number of rotatable bonds is 2. The van der Waals surface area contributed by atoms with Crippen molar-refractivity contribution in [3.63, 3.8) is 0 Å². The van der Waals surface area contributed by atoms with E-state index in [1.807, 2.05) is 0 Å². The molecule has 0 spiro atoms. The van der Waals surface area contributed by atoms with Crippen molar-refractivity contribution < 1.29 is 0 Å². The molecule has 0 atom stereocenters. The van der Waals surface area contributed by atoms with Crippen molar-refractivity contribution in [3.05, 3.63) is 11.6 Å². The highest BCUT2D eigenvalue weighted by molar-refractivity contribution is 6.29. The van der Waals surface area contributed by atoms with Crippen LogP contribution < -0.4 is 0 Å². The van der Waals surface area contributed by atoms with Gasteiger partial charge in [0.25, 0.3) is 0 Å². The van der Waals surface area contributed by atoms with E-state index in [-0.39, 0.29) is 0 Å². The van der Waals surface area contributed by atoms with Crippen molar-refractivity contribution in [3.8, 4) is 0 Å². The summed E-state index contributed by atoms with van der Waals surface area (Å²) in [5.41, 5.74) is 0. The van der Waals surface area contributed by atoms with Crippen molar-refractivity contribution in [2.24, 2.45) is 5.92 Å². The van der Waals surface area contributed by atoms with Crippen LogP contribution in [0.25, 0.3) is 0 Å². The molecule has 1 nitrogen and oxygen atoms in total. The Hall–Kier alpha value is -0.0100. The molecule has 3 aliphatic rings. The maximum Gasteiger partial charge on any atom is 0.0338 e. The van der Waals surface area contributed by atoms with E-state index in [2.05, 4.69) is 11.5 Å². The van der Waals surface area contributed by atoms with Crippen LogP contribution in [0.5, 0.6) is 0 Å². The Morgan fingerprint density at radius 1 is 1.33 bits per heavy atom. The van der Waals surface area contributed by atoms with Crippen LogP contribution in [0.3, 0.4) is 0 Å². The number of hydrogen-bond donors (Lipinski definition) is 0. The fraction of sp³-hybridized carbons (Fsp3) is 0.800. The Labute approximate surface area is 79.4 Å². The van der Waals surface area contributed by atoms with Crippen molar-refractivity contribution in [1.82, 2.24) is 4.90 Å². The fourth-order valence-corrected chi connectivity index (χ4v) is 2.74. The molecule has 1 aliphatic carbocycles. The summed E-state index contributed by atoms with van der Waals surface area (Å²) in [6, 6.07) is 0.811. The lowest BCUT2D eigenvalue weighted by atomic mass is 9.80. The van der Waals surface area contributed by atoms with Gasteiger partial charge in [-0.25, -0.2) is 0 Å². The predicted octanol–water partition coefficient (Wildman–Crippen LogP) is 2.61.